The van der Waals surface area contributed by atoms with Crippen LogP contribution in [0, 0.1) is 13.8 Å². The average molecular weight is 382 g/mol. The van der Waals surface area contributed by atoms with Crippen molar-refractivity contribution >= 4 is 11.6 Å². The van der Waals surface area contributed by atoms with E-state index in [4.69, 9.17) is 9.57 Å². The van der Waals surface area contributed by atoms with E-state index in [0.29, 0.717) is 24.3 Å². The maximum atomic E-state index is 13.1. The first-order valence-electron chi connectivity index (χ1n) is 9.25. The molecule has 148 valence electrons. The summed E-state index contributed by atoms with van der Waals surface area (Å²) in [5, 5.41) is 13.6. The lowest BCUT2D eigenvalue weighted by molar-refractivity contribution is 0.0680. The van der Waals surface area contributed by atoms with E-state index in [1.54, 1.807) is 18.1 Å². The zero-order valence-electron chi connectivity index (χ0n) is 16.7. The van der Waals surface area contributed by atoms with Crippen molar-refractivity contribution < 1.29 is 19.5 Å². The quantitative estimate of drug-likeness (QED) is 0.806. The molecular formula is C22H26N2O4. The zero-order chi connectivity index (χ0) is 20.3. The smallest absolute Gasteiger partial charge is 0.254 e. The molecule has 1 aliphatic heterocycles. The van der Waals surface area contributed by atoms with Gasteiger partial charge in [-0.25, -0.2) is 0 Å². The molecular weight excluding hydrogens is 356 g/mol. The van der Waals surface area contributed by atoms with Crippen LogP contribution in [-0.4, -0.2) is 55.0 Å². The molecule has 1 N–H and O–H groups in total. The molecule has 28 heavy (non-hydrogen) atoms. The lowest BCUT2D eigenvalue weighted by Crippen LogP contribution is -2.37. The van der Waals surface area contributed by atoms with E-state index in [1.807, 2.05) is 18.2 Å². The van der Waals surface area contributed by atoms with Gasteiger partial charge in [-0.15, -0.1) is 0 Å². The maximum Gasteiger partial charge on any atom is 0.254 e. The summed E-state index contributed by atoms with van der Waals surface area (Å²) in [4.78, 5) is 19.5. The van der Waals surface area contributed by atoms with Crippen molar-refractivity contribution in [1.29, 1.82) is 0 Å². The second-order valence-electron chi connectivity index (χ2n) is 6.98. The largest absolute Gasteiger partial charge is 0.496 e. The number of likely N-dealkylation sites (tertiary alicyclic amines) is 1. The van der Waals surface area contributed by atoms with Gasteiger partial charge in [-0.05, 0) is 48.7 Å². The number of methoxy groups -OCH3 is 1. The van der Waals surface area contributed by atoms with Crippen molar-refractivity contribution in [3.63, 3.8) is 0 Å². The second kappa shape index (κ2) is 8.44. The number of aliphatic hydroxyl groups excluding tert-OH is 1. The number of benzene rings is 2. The van der Waals surface area contributed by atoms with E-state index in [0.717, 1.165) is 16.8 Å². The Bertz CT molecular complexity index is 907. The number of hydrogen-bond donors (Lipinski definition) is 1. The average Bonchev–Trinajstić information content (AvgIpc) is 3.12. The van der Waals surface area contributed by atoms with E-state index in [1.165, 1.54) is 18.2 Å². The van der Waals surface area contributed by atoms with Crippen LogP contribution in [0.5, 0.6) is 5.75 Å². The fourth-order valence-corrected chi connectivity index (χ4v) is 3.62. The molecule has 1 fully saturated rings. The van der Waals surface area contributed by atoms with Crippen LogP contribution in [0.1, 0.15) is 27.9 Å². The van der Waals surface area contributed by atoms with E-state index < -0.39 is 0 Å². The normalized spacial score (nSPS) is 17.8. The summed E-state index contributed by atoms with van der Waals surface area (Å²) in [6.07, 6.45) is 0.508. The molecule has 2 aromatic rings. The number of ether oxygens (including phenoxy) is 1. The fourth-order valence-electron chi connectivity index (χ4n) is 3.62. The van der Waals surface area contributed by atoms with Crippen molar-refractivity contribution in [2.75, 3.05) is 27.4 Å². The van der Waals surface area contributed by atoms with E-state index in [2.05, 4.69) is 31.1 Å². The Morgan fingerprint density at radius 3 is 2.68 bits per heavy atom. The molecule has 0 aromatic heterocycles. The number of oxime groups is 1. The number of nitrogens with zero attached hydrogens (tertiary/aromatic N) is 2. The van der Waals surface area contributed by atoms with Crippen LogP contribution >= 0.6 is 0 Å². The topological polar surface area (TPSA) is 71.4 Å². The van der Waals surface area contributed by atoms with Crippen LogP contribution in [-0.2, 0) is 4.84 Å². The molecule has 0 bridgehead atoms. The van der Waals surface area contributed by atoms with Crippen LogP contribution in [0.4, 0.5) is 0 Å². The van der Waals surface area contributed by atoms with Crippen molar-refractivity contribution in [3.05, 3.63) is 53.1 Å². The van der Waals surface area contributed by atoms with Crippen molar-refractivity contribution in [3.8, 4) is 16.9 Å². The van der Waals surface area contributed by atoms with Gasteiger partial charge in [0.05, 0.1) is 32.0 Å². The van der Waals surface area contributed by atoms with Crippen LogP contribution in [0.2, 0.25) is 0 Å². The summed E-state index contributed by atoms with van der Waals surface area (Å²) in [5.74, 6) is 0.483. The summed E-state index contributed by atoms with van der Waals surface area (Å²) in [7, 11) is 3.08. The van der Waals surface area contributed by atoms with Crippen molar-refractivity contribution in [2.45, 2.75) is 26.3 Å². The molecule has 2 aromatic carbocycles. The lowest BCUT2D eigenvalue weighted by atomic mass is 9.95. The Labute approximate surface area is 165 Å². The molecule has 0 saturated carbocycles. The first-order chi connectivity index (χ1) is 13.5. The molecule has 1 amide bonds. The van der Waals surface area contributed by atoms with E-state index in [-0.39, 0.29) is 18.6 Å². The van der Waals surface area contributed by atoms with E-state index in [9.17, 15) is 9.90 Å². The van der Waals surface area contributed by atoms with Gasteiger partial charge in [0.15, 0.2) is 0 Å². The fraction of sp³-hybridized carbons (Fsp3) is 0.364. The SMILES string of the molecule is CON=C1CC(CO)N(C(=O)c2ccc(-c3cccc(C)c3C)c(OC)c2)C1. The van der Waals surface area contributed by atoms with Gasteiger partial charge in [-0.1, -0.05) is 23.4 Å². The lowest BCUT2D eigenvalue weighted by Gasteiger charge is -2.23. The van der Waals surface area contributed by atoms with Crippen LogP contribution in [0.25, 0.3) is 11.1 Å². The summed E-state index contributed by atoms with van der Waals surface area (Å²) in [5.41, 5.74) is 5.67. The summed E-state index contributed by atoms with van der Waals surface area (Å²) < 4.78 is 5.60. The minimum absolute atomic E-state index is 0.119. The number of rotatable bonds is 5. The Morgan fingerprint density at radius 2 is 2.00 bits per heavy atom. The molecule has 1 unspecified atom stereocenters. The first kappa shape index (κ1) is 19.9. The van der Waals surface area contributed by atoms with Gasteiger partial charge in [0.2, 0.25) is 0 Å². The molecule has 0 spiro atoms. The molecule has 1 aliphatic rings. The number of hydrogen-bond acceptors (Lipinski definition) is 5. The molecule has 6 heteroatoms. The molecule has 1 atom stereocenters. The number of aliphatic hydroxyl groups is 1. The molecule has 1 heterocycles. The predicted molar refractivity (Wildman–Crippen MR) is 109 cm³/mol. The minimum Gasteiger partial charge on any atom is -0.496 e. The first-order valence-corrected chi connectivity index (χ1v) is 9.25. The molecule has 0 aliphatic carbocycles. The van der Waals surface area contributed by atoms with Crippen molar-refractivity contribution in [1.82, 2.24) is 4.90 Å². The van der Waals surface area contributed by atoms with Crippen molar-refractivity contribution in [2.24, 2.45) is 5.16 Å². The molecule has 0 radical (unpaired) electrons. The number of carbonyl (C=O) groups excluding carboxylic acids is 1. The van der Waals surface area contributed by atoms with E-state index >= 15 is 0 Å². The van der Waals surface area contributed by atoms with Gasteiger partial charge in [-0.2, -0.15) is 0 Å². The highest BCUT2D eigenvalue weighted by atomic mass is 16.6. The molecule has 1 saturated heterocycles. The summed E-state index contributed by atoms with van der Waals surface area (Å²) in [6.45, 7) is 4.38. The summed E-state index contributed by atoms with van der Waals surface area (Å²) in [6, 6.07) is 11.3. The Hall–Kier alpha value is -2.86. The predicted octanol–water partition coefficient (Wildman–Crippen LogP) is 3.19. The molecule has 6 nitrogen and oxygen atoms in total. The molecule has 3 rings (SSSR count). The van der Waals surface area contributed by atoms with Gasteiger partial charge >= 0.3 is 0 Å². The highest BCUT2D eigenvalue weighted by Crippen LogP contribution is 2.34. The highest BCUT2D eigenvalue weighted by molar-refractivity contribution is 6.01. The van der Waals surface area contributed by atoms with Crippen LogP contribution in [0.15, 0.2) is 41.6 Å². The highest BCUT2D eigenvalue weighted by Gasteiger charge is 2.33. The monoisotopic (exact) mass is 382 g/mol. The standard InChI is InChI=1S/C22H26N2O4/c1-14-6-5-7-19(15(14)2)20-9-8-16(10-21(20)27-3)22(26)24-12-17(23-28-4)11-18(24)13-25/h5-10,18,25H,11-13H2,1-4H3. The minimum atomic E-state index is -0.300. The van der Waals surface area contributed by atoms with Gasteiger partial charge < -0.3 is 19.6 Å². The number of aryl methyl sites for hydroxylation is 1. The Kier molecular flexibility index (Phi) is 5.99. The van der Waals surface area contributed by atoms with Gasteiger partial charge in [0.25, 0.3) is 5.91 Å². The van der Waals surface area contributed by atoms with Gasteiger partial charge in [-0.3, -0.25) is 4.79 Å². The maximum absolute atomic E-state index is 13.1. The number of carbonyl (C=O) groups is 1. The zero-order valence-corrected chi connectivity index (χ0v) is 16.7. The Balaban J connectivity index is 1.95. The number of amides is 1. The Morgan fingerprint density at radius 1 is 1.21 bits per heavy atom. The third kappa shape index (κ3) is 3.73. The van der Waals surface area contributed by atoms with Crippen LogP contribution < -0.4 is 4.74 Å². The van der Waals surface area contributed by atoms with Gasteiger partial charge in [0, 0.05) is 17.5 Å². The third-order valence-corrected chi connectivity index (χ3v) is 5.30. The third-order valence-electron chi connectivity index (χ3n) is 5.30. The summed E-state index contributed by atoms with van der Waals surface area (Å²) >= 11 is 0. The van der Waals surface area contributed by atoms with Crippen LogP contribution in [0.3, 0.4) is 0 Å². The van der Waals surface area contributed by atoms with Gasteiger partial charge in [0.1, 0.15) is 12.9 Å². The second-order valence-corrected chi connectivity index (χ2v) is 6.98.